The van der Waals surface area contributed by atoms with E-state index in [2.05, 4.69) is 26.0 Å². The summed E-state index contributed by atoms with van der Waals surface area (Å²) >= 11 is 6.32. The molecule has 34 heavy (non-hydrogen) atoms. The second-order valence-corrected chi connectivity index (χ2v) is 7.57. The van der Waals surface area contributed by atoms with Crippen molar-refractivity contribution in [1.82, 2.24) is 20.1 Å². The van der Waals surface area contributed by atoms with Gasteiger partial charge in [-0.15, -0.1) is 0 Å². The number of hydrogen-bond donors (Lipinski definition) is 3. The maximum atomic E-state index is 13.8. The van der Waals surface area contributed by atoms with Crippen molar-refractivity contribution in [3.8, 4) is 16.9 Å². The fourth-order valence-electron chi connectivity index (χ4n) is 3.30. The predicted molar refractivity (Wildman–Crippen MR) is 129 cm³/mol. The number of hydrogen-bond acceptors (Lipinski definition) is 5. The van der Waals surface area contributed by atoms with Gasteiger partial charge in [-0.1, -0.05) is 35.9 Å². The predicted octanol–water partition coefficient (Wildman–Crippen LogP) is 4.38. The Balaban J connectivity index is 1.70. The van der Waals surface area contributed by atoms with Gasteiger partial charge in [0.1, 0.15) is 5.82 Å². The van der Waals surface area contributed by atoms with Gasteiger partial charge < -0.3 is 16.0 Å². The number of carbonyl (C=O) groups is 2. The molecule has 0 atom stereocenters. The van der Waals surface area contributed by atoms with Crippen LogP contribution in [0.4, 0.5) is 16.0 Å². The first-order valence-electron chi connectivity index (χ1n) is 10.2. The maximum absolute atomic E-state index is 13.8. The number of amides is 2. The third-order valence-electron chi connectivity index (χ3n) is 5.00. The van der Waals surface area contributed by atoms with Gasteiger partial charge >= 0.3 is 0 Å². The fourth-order valence-corrected chi connectivity index (χ4v) is 3.50. The lowest BCUT2D eigenvalue weighted by Gasteiger charge is -2.11. The molecule has 0 unspecified atom stereocenters. The Hall–Kier alpha value is -4.24. The number of rotatable bonds is 6. The lowest BCUT2D eigenvalue weighted by Crippen LogP contribution is -2.18. The smallest absolute Gasteiger partial charge is 0.271 e. The third kappa shape index (κ3) is 4.60. The Morgan fingerprint density at radius 1 is 0.971 bits per heavy atom. The highest BCUT2D eigenvalue weighted by Crippen LogP contribution is 2.27. The van der Waals surface area contributed by atoms with Gasteiger partial charge in [0.05, 0.1) is 22.0 Å². The zero-order valence-electron chi connectivity index (χ0n) is 18.3. The van der Waals surface area contributed by atoms with Crippen LogP contribution < -0.4 is 16.0 Å². The van der Waals surface area contributed by atoms with Crippen LogP contribution in [0.15, 0.2) is 66.7 Å². The summed E-state index contributed by atoms with van der Waals surface area (Å²) in [5, 5.41) is 12.5. The highest BCUT2D eigenvalue weighted by Gasteiger charge is 2.19. The molecule has 2 aromatic heterocycles. The summed E-state index contributed by atoms with van der Waals surface area (Å²) in [6.45, 7) is 0. The Kier molecular flexibility index (Phi) is 6.55. The number of aromatic nitrogens is 3. The van der Waals surface area contributed by atoms with Crippen molar-refractivity contribution >= 4 is 35.1 Å². The van der Waals surface area contributed by atoms with E-state index in [0.717, 1.165) is 0 Å². The van der Waals surface area contributed by atoms with Crippen LogP contribution in [-0.4, -0.2) is 40.7 Å². The molecule has 4 rings (SSSR count). The van der Waals surface area contributed by atoms with Crippen LogP contribution in [0.1, 0.15) is 20.8 Å². The van der Waals surface area contributed by atoms with Crippen molar-refractivity contribution < 1.29 is 14.0 Å². The van der Waals surface area contributed by atoms with E-state index >= 15 is 0 Å². The third-order valence-corrected chi connectivity index (χ3v) is 5.33. The summed E-state index contributed by atoms with van der Waals surface area (Å²) in [5.41, 5.74) is 2.01. The number of carbonyl (C=O) groups excluding carboxylic acids is 2. The largest absolute Gasteiger partial charge is 0.371 e. The molecule has 2 aromatic carbocycles. The van der Waals surface area contributed by atoms with Crippen LogP contribution >= 0.6 is 11.6 Å². The van der Waals surface area contributed by atoms with Crippen molar-refractivity contribution in [2.75, 3.05) is 24.7 Å². The molecule has 0 aliphatic carbocycles. The van der Waals surface area contributed by atoms with E-state index in [1.165, 1.54) is 29.9 Å². The van der Waals surface area contributed by atoms with Crippen molar-refractivity contribution in [2.24, 2.45) is 0 Å². The molecule has 0 saturated heterocycles. The number of benzene rings is 2. The molecule has 2 amide bonds. The van der Waals surface area contributed by atoms with Gasteiger partial charge in [-0.3, -0.25) is 9.59 Å². The summed E-state index contributed by atoms with van der Waals surface area (Å²) in [7, 11) is 3.06. The zero-order chi connectivity index (χ0) is 24.2. The van der Waals surface area contributed by atoms with Crippen molar-refractivity contribution in [2.45, 2.75) is 0 Å². The number of halogens is 2. The van der Waals surface area contributed by atoms with Crippen LogP contribution in [0.2, 0.25) is 5.02 Å². The Morgan fingerprint density at radius 2 is 1.74 bits per heavy atom. The number of nitrogens with one attached hydrogen (secondary N) is 3. The summed E-state index contributed by atoms with van der Waals surface area (Å²) in [6.07, 6.45) is 0. The molecule has 0 radical (unpaired) electrons. The molecule has 0 saturated carbocycles. The van der Waals surface area contributed by atoms with Gasteiger partial charge in [0.15, 0.2) is 17.3 Å². The highest BCUT2D eigenvalue weighted by molar-refractivity contribution is 6.34. The summed E-state index contributed by atoms with van der Waals surface area (Å²) in [6, 6.07) is 18.2. The number of anilines is 2. The van der Waals surface area contributed by atoms with Gasteiger partial charge in [-0.05, 0) is 36.4 Å². The summed E-state index contributed by atoms with van der Waals surface area (Å²) < 4.78 is 15.3. The molecule has 10 heteroatoms. The molecule has 8 nitrogen and oxygen atoms in total. The molecule has 0 spiro atoms. The highest BCUT2D eigenvalue weighted by atomic mass is 35.5. The van der Waals surface area contributed by atoms with Crippen LogP contribution in [0.3, 0.4) is 0 Å². The second kappa shape index (κ2) is 9.72. The molecule has 3 N–H and O–H groups in total. The summed E-state index contributed by atoms with van der Waals surface area (Å²) in [4.78, 5) is 29.6. The topological polar surface area (TPSA) is 101 Å². The first-order chi connectivity index (χ1) is 16.4. The van der Waals surface area contributed by atoms with Crippen LogP contribution in [0.5, 0.6) is 0 Å². The SMILES string of the molecule is CNC(=O)c1cc(NC(=O)c2cc(-c3ccc(F)c(NC)n3)ccc2Cl)n(-c2ccccc2)n1. The van der Waals surface area contributed by atoms with Crippen LogP contribution in [-0.2, 0) is 0 Å². The lowest BCUT2D eigenvalue weighted by atomic mass is 10.1. The average Bonchev–Trinajstić information content (AvgIpc) is 3.28. The second-order valence-electron chi connectivity index (χ2n) is 7.17. The molecular formula is C24H20ClFN6O2. The number of pyridine rings is 1. The lowest BCUT2D eigenvalue weighted by molar-refractivity contribution is 0.0956. The minimum absolute atomic E-state index is 0.0898. The fraction of sp³-hybridized carbons (Fsp3) is 0.0833. The zero-order valence-corrected chi connectivity index (χ0v) is 19.0. The van der Waals surface area contributed by atoms with Crippen molar-refractivity contribution in [1.29, 1.82) is 0 Å². The van der Waals surface area contributed by atoms with E-state index in [-0.39, 0.29) is 27.9 Å². The van der Waals surface area contributed by atoms with Gasteiger partial charge in [-0.2, -0.15) is 5.10 Å². The Bertz CT molecular complexity index is 1370. The van der Waals surface area contributed by atoms with E-state index < -0.39 is 17.6 Å². The van der Waals surface area contributed by atoms with E-state index in [9.17, 15) is 14.0 Å². The molecule has 2 heterocycles. The first kappa shape index (κ1) is 22.9. The minimum atomic E-state index is -0.511. The van der Waals surface area contributed by atoms with E-state index in [0.29, 0.717) is 16.9 Å². The standard InChI is InChI=1S/C24H20ClFN6O2/c1-27-22-18(26)10-11-19(29-22)14-8-9-17(25)16(12-14)23(33)30-21-13-20(24(34)28-2)31-32(21)15-6-4-3-5-7-15/h3-13H,1-2H3,(H,27,29)(H,28,34)(H,30,33). The van der Waals surface area contributed by atoms with Gasteiger partial charge in [0.25, 0.3) is 11.8 Å². The van der Waals surface area contributed by atoms with E-state index in [4.69, 9.17) is 11.6 Å². The molecule has 0 bridgehead atoms. The van der Waals surface area contributed by atoms with Crippen molar-refractivity contribution in [3.05, 3.63) is 88.8 Å². The number of nitrogens with zero attached hydrogens (tertiary/aromatic N) is 3. The molecule has 0 aliphatic heterocycles. The van der Waals surface area contributed by atoms with Crippen LogP contribution in [0.25, 0.3) is 16.9 Å². The monoisotopic (exact) mass is 478 g/mol. The average molecular weight is 479 g/mol. The molecular weight excluding hydrogens is 459 g/mol. The Morgan fingerprint density at radius 3 is 2.44 bits per heavy atom. The van der Waals surface area contributed by atoms with Gasteiger partial charge in [-0.25, -0.2) is 14.1 Å². The number of para-hydroxylation sites is 1. The minimum Gasteiger partial charge on any atom is -0.371 e. The molecule has 0 fully saturated rings. The quantitative estimate of drug-likeness (QED) is 0.382. The maximum Gasteiger partial charge on any atom is 0.271 e. The molecule has 4 aromatic rings. The first-order valence-corrected chi connectivity index (χ1v) is 10.6. The van der Waals surface area contributed by atoms with E-state index in [1.54, 1.807) is 37.4 Å². The van der Waals surface area contributed by atoms with Gasteiger partial charge in [0, 0.05) is 25.7 Å². The van der Waals surface area contributed by atoms with E-state index in [1.807, 2.05) is 18.2 Å². The normalized spacial score (nSPS) is 10.6. The molecule has 0 aliphatic rings. The van der Waals surface area contributed by atoms with Gasteiger partial charge in [0.2, 0.25) is 0 Å². The summed E-state index contributed by atoms with van der Waals surface area (Å²) in [5.74, 6) is -1.02. The van der Waals surface area contributed by atoms with Crippen LogP contribution in [0, 0.1) is 5.82 Å². The Labute approximate surface area is 199 Å². The van der Waals surface area contributed by atoms with Crippen molar-refractivity contribution in [3.63, 3.8) is 0 Å². The molecule has 172 valence electrons.